The Labute approximate surface area is 203 Å². The Morgan fingerprint density at radius 2 is 1.74 bits per heavy atom. The fourth-order valence-electron chi connectivity index (χ4n) is 3.99. The second-order valence-electron chi connectivity index (χ2n) is 8.54. The molecule has 1 aromatic heterocycles. The van der Waals surface area contributed by atoms with E-state index in [2.05, 4.69) is 10.3 Å². The van der Waals surface area contributed by atoms with Crippen LogP contribution >= 0.6 is 0 Å². The number of pyridine rings is 1. The lowest BCUT2D eigenvalue weighted by Gasteiger charge is -2.23. The summed E-state index contributed by atoms with van der Waals surface area (Å²) in [7, 11) is 0. The molecule has 3 aromatic rings. The molecule has 35 heavy (non-hydrogen) atoms. The molecule has 6 nitrogen and oxygen atoms in total. The number of fused-ring (bicyclic) bond motifs is 2. The number of nitrogens with one attached hydrogen (secondary N) is 1. The van der Waals surface area contributed by atoms with Crippen LogP contribution in [0.5, 0.6) is 17.4 Å². The molecular formula is C27H29F2N3O3. The highest BCUT2D eigenvalue weighted by Crippen LogP contribution is 2.32. The second-order valence-corrected chi connectivity index (χ2v) is 8.54. The van der Waals surface area contributed by atoms with Gasteiger partial charge in [0.05, 0.1) is 13.2 Å². The van der Waals surface area contributed by atoms with Gasteiger partial charge in [-0.15, -0.1) is 0 Å². The van der Waals surface area contributed by atoms with Crippen molar-refractivity contribution in [1.29, 1.82) is 0 Å². The van der Waals surface area contributed by atoms with E-state index in [1.807, 2.05) is 41.3 Å². The molecule has 1 aliphatic rings. The zero-order valence-corrected chi connectivity index (χ0v) is 19.5. The first-order chi connectivity index (χ1) is 17.1. The summed E-state index contributed by atoms with van der Waals surface area (Å²) >= 11 is 0. The van der Waals surface area contributed by atoms with E-state index in [0.29, 0.717) is 42.6 Å². The van der Waals surface area contributed by atoms with Gasteiger partial charge >= 0.3 is 0 Å². The number of rotatable bonds is 4. The summed E-state index contributed by atoms with van der Waals surface area (Å²) in [5.41, 5.74) is 1.22. The Balaban J connectivity index is 1.47. The molecule has 0 saturated heterocycles. The predicted octanol–water partition coefficient (Wildman–Crippen LogP) is 5.22. The van der Waals surface area contributed by atoms with E-state index in [-0.39, 0.29) is 19.0 Å². The first-order valence-electron chi connectivity index (χ1n) is 11.8. The third-order valence-electron chi connectivity index (χ3n) is 5.71. The number of benzene rings is 2. The van der Waals surface area contributed by atoms with Crippen molar-refractivity contribution in [3.63, 3.8) is 0 Å². The number of hydrogen-bond donors (Lipinski definition) is 1. The van der Waals surface area contributed by atoms with Crippen molar-refractivity contribution < 1.29 is 23.0 Å². The van der Waals surface area contributed by atoms with Crippen LogP contribution in [0.1, 0.15) is 36.8 Å². The molecule has 0 bridgehead atoms. The maximum Gasteiger partial charge on any atom is 0.234 e. The average molecular weight is 482 g/mol. The van der Waals surface area contributed by atoms with E-state index in [4.69, 9.17) is 9.47 Å². The number of para-hydroxylation sites is 2. The standard InChI is InChI=1S/C27H29F2N3O3/c28-22-14-20(15-23(29)16-22)17-31-26(33)19-32-12-5-1-2-6-13-34-24-9-3-4-10-25(24)35-27-21(18-32)8-7-11-30-27/h3-4,7-11,14-16H,1-2,5-6,12-13,17-19H2,(H,31,33). The highest BCUT2D eigenvalue weighted by Gasteiger charge is 2.17. The molecule has 1 amide bonds. The zero-order valence-electron chi connectivity index (χ0n) is 19.5. The summed E-state index contributed by atoms with van der Waals surface area (Å²) in [5.74, 6) is 0.171. The highest BCUT2D eigenvalue weighted by molar-refractivity contribution is 5.78. The summed E-state index contributed by atoms with van der Waals surface area (Å²) in [5, 5.41) is 2.76. The minimum Gasteiger partial charge on any atom is -0.490 e. The Morgan fingerprint density at radius 3 is 2.57 bits per heavy atom. The van der Waals surface area contributed by atoms with Gasteiger partial charge in [0.15, 0.2) is 11.5 Å². The largest absolute Gasteiger partial charge is 0.490 e. The van der Waals surface area contributed by atoms with Gasteiger partial charge in [0.25, 0.3) is 0 Å². The Hall–Kier alpha value is -3.52. The Bertz CT molecular complexity index is 1120. The van der Waals surface area contributed by atoms with Crippen LogP contribution in [0, 0.1) is 11.6 Å². The first-order valence-corrected chi connectivity index (χ1v) is 11.8. The summed E-state index contributed by atoms with van der Waals surface area (Å²) in [6.07, 6.45) is 5.55. The van der Waals surface area contributed by atoms with Gasteiger partial charge in [0, 0.05) is 30.9 Å². The van der Waals surface area contributed by atoms with Crippen molar-refractivity contribution in [3.8, 4) is 17.4 Å². The monoisotopic (exact) mass is 481 g/mol. The lowest BCUT2D eigenvalue weighted by atomic mass is 10.1. The van der Waals surface area contributed by atoms with Crippen LogP contribution in [0.3, 0.4) is 0 Å². The summed E-state index contributed by atoms with van der Waals surface area (Å²) < 4.78 is 39.0. The van der Waals surface area contributed by atoms with E-state index < -0.39 is 11.6 Å². The molecule has 0 saturated carbocycles. The lowest BCUT2D eigenvalue weighted by molar-refractivity contribution is -0.122. The molecule has 4 rings (SSSR count). The number of aromatic nitrogens is 1. The molecule has 0 radical (unpaired) electrons. The molecule has 0 aliphatic carbocycles. The van der Waals surface area contributed by atoms with Crippen LogP contribution in [-0.2, 0) is 17.9 Å². The zero-order chi connectivity index (χ0) is 24.5. The highest BCUT2D eigenvalue weighted by atomic mass is 19.1. The molecule has 0 atom stereocenters. The molecular weight excluding hydrogens is 452 g/mol. The normalized spacial score (nSPS) is 15.0. The third kappa shape index (κ3) is 7.48. The topological polar surface area (TPSA) is 63.7 Å². The van der Waals surface area contributed by atoms with Crippen LogP contribution in [0.2, 0.25) is 0 Å². The Kier molecular flexibility index (Phi) is 8.62. The van der Waals surface area contributed by atoms with Gasteiger partial charge in [0.1, 0.15) is 11.6 Å². The molecule has 0 spiro atoms. The van der Waals surface area contributed by atoms with Crippen LogP contribution in [0.15, 0.2) is 60.8 Å². The van der Waals surface area contributed by atoms with Gasteiger partial charge in [-0.3, -0.25) is 9.69 Å². The van der Waals surface area contributed by atoms with Gasteiger partial charge in [0.2, 0.25) is 11.8 Å². The van der Waals surface area contributed by atoms with Crippen molar-refractivity contribution in [2.45, 2.75) is 38.8 Å². The quantitative estimate of drug-likeness (QED) is 0.553. The molecule has 1 aliphatic heterocycles. The number of ether oxygens (including phenoxy) is 2. The molecule has 2 heterocycles. The maximum absolute atomic E-state index is 13.4. The van der Waals surface area contributed by atoms with Gasteiger partial charge in [-0.2, -0.15) is 0 Å². The van der Waals surface area contributed by atoms with Gasteiger partial charge in [-0.25, -0.2) is 13.8 Å². The molecule has 0 fully saturated rings. The fraction of sp³-hybridized carbons (Fsp3) is 0.333. The van der Waals surface area contributed by atoms with Crippen molar-refractivity contribution in [2.75, 3.05) is 19.7 Å². The molecule has 0 unspecified atom stereocenters. The smallest absolute Gasteiger partial charge is 0.234 e. The second kappa shape index (κ2) is 12.3. The van der Waals surface area contributed by atoms with Crippen LogP contribution < -0.4 is 14.8 Å². The number of hydrogen-bond acceptors (Lipinski definition) is 5. The fourth-order valence-corrected chi connectivity index (χ4v) is 3.99. The molecule has 2 aromatic carbocycles. The predicted molar refractivity (Wildman–Crippen MR) is 128 cm³/mol. The Morgan fingerprint density at radius 1 is 0.971 bits per heavy atom. The van der Waals surface area contributed by atoms with Gasteiger partial charge in [-0.05, 0) is 55.3 Å². The number of carbonyl (C=O) groups excluding carboxylic acids is 1. The molecule has 184 valence electrons. The van der Waals surface area contributed by atoms with E-state index in [0.717, 1.165) is 37.3 Å². The van der Waals surface area contributed by atoms with E-state index >= 15 is 0 Å². The van der Waals surface area contributed by atoms with Gasteiger partial charge < -0.3 is 14.8 Å². The van der Waals surface area contributed by atoms with Gasteiger partial charge in [-0.1, -0.05) is 31.0 Å². The molecule has 1 N–H and O–H groups in total. The average Bonchev–Trinajstić information content (AvgIpc) is 2.83. The van der Waals surface area contributed by atoms with E-state index in [1.54, 1.807) is 6.20 Å². The minimum absolute atomic E-state index is 0.0550. The van der Waals surface area contributed by atoms with Crippen LogP contribution in [0.4, 0.5) is 8.78 Å². The van der Waals surface area contributed by atoms with Crippen molar-refractivity contribution in [3.05, 3.63) is 83.6 Å². The van der Waals surface area contributed by atoms with E-state index in [1.165, 1.54) is 12.1 Å². The van der Waals surface area contributed by atoms with E-state index in [9.17, 15) is 13.6 Å². The summed E-state index contributed by atoms with van der Waals surface area (Å²) in [4.78, 5) is 19.2. The number of carbonyl (C=O) groups is 1. The first kappa shape index (κ1) is 24.6. The minimum atomic E-state index is -0.667. The van der Waals surface area contributed by atoms with Crippen molar-refractivity contribution in [2.24, 2.45) is 0 Å². The summed E-state index contributed by atoms with van der Waals surface area (Å²) in [6, 6.07) is 14.5. The van der Waals surface area contributed by atoms with Crippen LogP contribution in [-0.4, -0.2) is 35.5 Å². The molecule has 8 heteroatoms. The maximum atomic E-state index is 13.4. The van der Waals surface area contributed by atoms with Crippen molar-refractivity contribution >= 4 is 5.91 Å². The third-order valence-corrected chi connectivity index (χ3v) is 5.71. The SMILES string of the molecule is O=C(CN1CCCCCCOc2ccccc2Oc2ncccc2C1)NCc1cc(F)cc(F)c1. The lowest BCUT2D eigenvalue weighted by Crippen LogP contribution is -2.37. The number of amides is 1. The number of halogens is 2. The number of nitrogens with zero attached hydrogens (tertiary/aromatic N) is 2. The van der Waals surface area contributed by atoms with Crippen molar-refractivity contribution in [1.82, 2.24) is 15.2 Å². The van der Waals surface area contributed by atoms with Crippen LogP contribution in [0.25, 0.3) is 0 Å². The summed E-state index contributed by atoms with van der Waals surface area (Å²) in [6.45, 7) is 1.98.